The summed E-state index contributed by atoms with van der Waals surface area (Å²) < 4.78 is 0. The molecule has 0 saturated carbocycles. The van der Waals surface area contributed by atoms with Crippen molar-refractivity contribution in [1.82, 2.24) is 0 Å². The molecule has 0 spiro atoms. The Morgan fingerprint density at radius 3 is 2.55 bits per heavy atom. The molecule has 0 atom stereocenters. The highest BCUT2D eigenvalue weighted by atomic mass is 16.3. The average Bonchev–Trinajstić information content (AvgIpc) is 2.06. The lowest BCUT2D eigenvalue weighted by atomic mass is 10.1. The first-order valence-corrected chi connectivity index (χ1v) is 3.37. The molecule has 0 aromatic heterocycles. The summed E-state index contributed by atoms with van der Waals surface area (Å²) in [5.41, 5.74) is 0.919. The Balaban J connectivity index is 2.58. The van der Waals surface area contributed by atoms with Crippen LogP contribution in [0.25, 0.3) is 0 Å². The summed E-state index contributed by atoms with van der Waals surface area (Å²) >= 11 is 0. The summed E-state index contributed by atoms with van der Waals surface area (Å²) in [7, 11) is 0. The molecular weight excluding hydrogens is 140 g/mol. The van der Waals surface area contributed by atoms with Gasteiger partial charge in [-0.05, 0) is 5.56 Å². The fraction of sp³-hybridized carbons (Fsp3) is 0.111. The zero-order valence-corrected chi connectivity index (χ0v) is 6.03. The van der Waals surface area contributed by atoms with Crippen LogP contribution in [0.2, 0.25) is 0 Å². The van der Waals surface area contributed by atoms with Gasteiger partial charge in [-0.25, -0.2) is 0 Å². The number of carbonyl (C=O) groups excluding carboxylic acids is 1. The predicted molar refractivity (Wildman–Crippen MR) is 41.4 cm³/mol. The Labute approximate surface area is 65.5 Å². The van der Waals surface area contributed by atoms with Crippen molar-refractivity contribution in [3.8, 4) is 0 Å². The third-order valence-electron chi connectivity index (χ3n) is 1.37. The number of aliphatic hydroxyl groups excluding tert-OH is 1. The van der Waals surface area contributed by atoms with Crippen molar-refractivity contribution in [1.29, 1.82) is 0 Å². The quantitative estimate of drug-likeness (QED) is 0.704. The van der Waals surface area contributed by atoms with Crippen LogP contribution >= 0.6 is 0 Å². The van der Waals surface area contributed by atoms with Crippen LogP contribution in [0.4, 0.5) is 0 Å². The van der Waals surface area contributed by atoms with E-state index in [9.17, 15) is 4.79 Å². The van der Waals surface area contributed by atoms with Crippen molar-refractivity contribution in [2.24, 2.45) is 0 Å². The number of benzene rings is 1. The third-order valence-corrected chi connectivity index (χ3v) is 1.37. The number of ketones is 1. The Kier molecular flexibility index (Phi) is 2.81. The van der Waals surface area contributed by atoms with Crippen LogP contribution in [-0.4, -0.2) is 10.9 Å². The van der Waals surface area contributed by atoms with E-state index < -0.39 is 0 Å². The fourth-order valence-corrected chi connectivity index (χ4v) is 0.843. The molecule has 0 aliphatic rings. The largest absolute Gasteiger partial charge is 0.382 e. The molecule has 1 aromatic carbocycles. The van der Waals surface area contributed by atoms with Crippen molar-refractivity contribution < 1.29 is 9.90 Å². The molecule has 0 amide bonds. The van der Waals surface area contributed by atoms with Crippen molar-refractivity contribution in [2.45, 2.75) is 6.42 Å². The molecule has 1 N–H and O–H groups in total. The molecule has 0 heterocycles. The fourth-order valence-electron chi connectivity index (χ4n) is 0.843. The van der Waals surface area contributed by atoms with Crippen molar-refractivity contribution >= 4 is 5.78 Å². The van der Waals surface area contributed by atoms with Gasteiger partial charge >= 0.3 is 0 Å². The van der Waals surface area contributed by atoms with Crippen LogP contribution in [-0.2, 0) is 11.2 Å². The van der Waals surface area contributed by atoms with Gasteiger partial charge in [-0.15, -0.1) is 0 Å². The van der Waals surface area contributed by atoms with Gasteiger partial charge in [-0.3, -0.25) is 4.79 Å². The molecule has 0 aliphatic carbocycles. The SMILES string of the molecule is O=C([CH]O)Cc1ccccc1. The second-order valence-corrected chi connectivity index (χ2v) is 2.26. The van der Waals surface area contributed by atoms with Crippen LogP contribution in [0.5, 0.6) is 0 Å². The third kappa shape index (κ3) is 2.51. The normalized spacial score (nSPS) is 9.55. The van der Waals surface area contributed by atoms with Crippen LogP contribution in [0.15, 0.2) is 30.3 Å². The molecule has 11 heavy (non-hydrogen) atoms. The first-order valence-electron chi connectivity index (χ1n) is 3.37. The van der Waals surface area contributed by atoms with E-state index in [0.29, 0.717) is 6.61 Å². The van der Waals surface area contributed by atoms with Gasteiger partial charge in [0.25, 0.3) is 0 Å². The summed E-state index contributed by atoms with van der Waals surface area (Å²) in [6.45, 7) is 0.604. The van der Waals surface area contributed by atoms with Crippen molar-refractivity contribution in [2.75, 3.05) is 0 Å². The number of aliphatic hydroxyl groups is 1. The van der Waals surface area contributed by atoms with Crippen molar-refractivity contribution in [3.63, 3.8) is 0 Å². The Morgan fingerprint density at radius 1 is 1.36 bits per heavy atom. The van der Waals surface area contributed by atoms with Gasteiger partial charge < -0.3 is 5.11 Å². The number of rotatable bonds is 3. The minimum absolute atomic E-state index is 0.267. The molecule has 1 rings (SSSR count). The van der Waals surface area contributed by atoms with Gasteiger partial charge in [0, 0.05) is 6.42 Å². The highest BCUT2D eigenvalue weighted by Gasteiger charge is 2.00. The Bertz CT molecular complexity index is 229. The lowest BCUT2D eigenvalue weighted by molar-refractivity contribution is -0.117. The van der Waals surface area contributed by atoms with Gasteiger partial charge in [0.2, 0.25) is 0 Å². The Morgan fingerprint density at radius 2 is 2.00 bits per heavy atom. The molecule has 0 bridgehead atoms. The van der Waals surface area contributed by atoms with E-state index in [1.54, 1.807) is 0 Å². The van der Waals surface area contributed by atoms with E-state index >= 15 is 0 Å². The second-order valence-electron chi connectivity index (χ2n) is 2.26. The summed E-state index contributed by atoms with van der Waals surface area (Å²) in [6, 6.07) is 9.30. The molecule has 0 saturated heterocycles. The number of carbonyl (C=O) groups is 1. The van der Waals surface area contributed by atoms with Crippen LogP contribution in [0.3, 0.4) is 0 Å². The minimum atomic E-state index is -0.267. The topological polar surface area (TPSA) is 37.3 Å². The zero-order valence-electron chi connectivity index (χ0n) is 6.03. The van der Waals surface area contributed by atoms with Gasteiger partial charge in [0.1, 0.15) is 6.61 Å². The molecule has 0 unspecified atom stereocenters. The molecule has 2 heteroatoms. The van der Waals surface area contributed by atoms with Gasteiger partial charge in [0.15, 0.2) is 5.78 Å². The number of Topliss-reactive ketones (excluding diaryl/α,β-unsaturated/α-hetero) is 1. The molecule has 1 aromatic rings. The van der Waals surface area contributed by atoms with Crippen LogP contribution in [0, 0.1) is 6.61 Å². The Hall–Kier alpha value is -1.15. The van der Waals surface area contributed by atoms with Crippen LogP contribution < -0.4 is 0 Å². The maximum absolute atomic E-state index is 10.7. The molecule has 1 radical (unpaired) electrons. The van der Waals surface area contributed by atoms with Crippen LogP contribution in [0.1, 0.15) is 5.56 Å². The molecule has 0 aliphatic heterocycles. The van der Waals surface area contributed by atoms with E-state index in [0.717, 1.165) is 5.56 Å². The van der Waals surface area contributed by atoms with E-state index in [1.807, 2.05) is 30.3 Å². The maximum atomic E-state index is 10.7. The standard InChI is InChI=1S/C9H9O2/c10-7-9(11)6-8-4-2-1-3-5-8/h1-5,7,10H,6H2. The molecular formula is C9H9O2. The average molecular weight is 149 g/mol. The van der Waals surface area contributed by atoms with Gasteiger partial charge in [-0.2, -0.15) is 0 Å². The summed E-state index contributed by atoms with van der Waals surface area (Å²) in [6.07, 6.45) is 0.275. The highest BCUT2D eigenvalue weighted by Crippen LogP contribution is 2.00. The number of hydrogen-bond acceptors (Lipinski definition) is 2. The zero-order chi connectivity index (χ0) is 8.10. The molecule has 57 valence electrons. The summed E-state index contributed by atoms with van der Waals surface area (Å²) in [5, 5.41) is 8.32. The van der Waals surface area contributed by atoms with Gasteiger partial charge in [-0.1, -0.05) is 30.3 Å². The first-order chi connectivity index (χ1) is 5.33. The maximum Gasteiger partial charge on any atom is 0.168 e. The minimum Gasteiger partial charge on any atom is -0.382 e. The van der Waals surface area contributed by atoms with Crippen molar-refractivity contribution in [3.05, 3.63) is 42.5 Å². The lowest BCUT2D eigenvalue weighted by Crippen LogP contribution is -2.01. The van der Waals surface area contributed by atoms with E-state index in [-0.39, 0.29) is 12.2 Å². The second kappa shape index (κ2) is 3.88. The summed E-state index contributed by atoms with van der Waals surface area (Å²) in [5.74, 6) is -0.267. The summed E-state index contributed by atoms with van der Waals surface area (Å²) in [4.78, 5) is 10.7. The predicted octanol–water partition coefficient (Wildman–Crippen LogP) is 1.33. The molecule has 0 fully saturated rings. The van der Waals surface area contributed by atoms with Gasteiger partial charge in [0.05, 0.1) is 0 Å². The number of hydrogen-bond donors (Lipinski definition) is 1. The highest BCUT2D eigenvalue weighted by molar-refractivity contribution is 5.86. The lowest BCUT2D eigenvalue weighted by Gasteiger charge is -1.95. The smallest absolute Gasteiger partial charge is 0.168 e. The monoisotopic (exact) mass is 149 g/mol. The van der Waals surface area contributed by atoms with E-state index in [4.69, 9.17) is 5.11 Å². The van der Waals surface area contributed by atoms with E-state index in [2.05, 4.69) is 0 Å². The first kappa shape index (κ1) is 7.95. The molecule has 2 nitrogen and oxygen atoms in total. The van der Waals surface area contributed by atoms with E-state index in [1.165, 1.54) is 0 Å².